The highest BCUT2D eigenvalue weighted by atomic mass is 35.5. The number of imidazole rings is 1. The van der Waals surface area contributed by atoms with Gasteiger partial charge in [-0.3, -0.25) is 4.98 Å². The molecule has 0 radical (unpaired) electrons. The van der Waals surface area contributed by atoms with Crippen molar-refractivity contribution in [3.05, 3.63) is 71.3 Å². The van der Waals surface area contributed by atoms with Crippen LogP contribution in [0.15, 0.2) is 60.2 Å². The van der Waals surface area contributed by atoms with E-state index in [1.54, 1.807) is 18.6 Å². The molecular formula is C17H18ClN7. The number of nitrogens with zero attached hydrogens (tertiary/aromatic N) is 4. The van der Waals surface area contributed by atoms with Crippen LogP contribution in [0.2, 0.25) is 5.02 Å². The molecule has 0 aliphatic rings. The molecule has 2 heterocycles. The number of nitrogens with two attached hydrogens (primary N) is 2. The van der Waals surface area contributed by atoms with Gasteiger partial charge in [0.25, 0.3) is 0 Å². The second-order valence-corrected chi connectivity index (χ2v) is 5.80. The van der Waals surface area contributed by atoms with Gasteiger partial charge in [-0.25, -0.2) is 16.4 Å². The molecule has 0 fully saturated rings. The van der Waals surface area contributed by atoms with E-state index in [0.29, 0.717) is 11.3 Å². The van der Waals surface area contributed by atoms with Gasteiger partial charge in [-0.2, -0.15) is 0 Å². The fourth-order valence-corrected chi connectivity index (χ4v) is 2.66. The van der Waals surface area contributed by atoms with Crippen LogP contribution in [0.4, 0.5) is 0 Å². The molecule has 5 N–H and O–H groups in total. The highest BCUT2D eigenvalue weighted by Gasteiger charge is 2.07. The molecule has 1 aromatic carbocycles. The van der Waals surface area contributed by atoms with E-state index in [2.05, 4.69) is 20.6 Å². The minimum atomic E-state index is 0.282. The summed E-state index contributed by atoms with van der Waals surface area (Å²) in [5.41, 5.74) is 11.3. The molecule has 0 aliphatic carbocycles. The molecule has 0 aliphatic heterocycles. The maximum absolute atomic E-state index is 6.19. The molecule has 128 valence electrons. The molecule has 3 aromatic rings. The molecule has 0 atom stereocenters. The second kappa shape index (κ2) is 7.78. The van der Waals surface area contributed by atoms with Gasteiger partial charge in [0.05, 0.1) is 12.0 Å². The van der Waals surface area contributed by atoms with Crippen molar-refractivity contribution in [2.75, 3.05) is 0 Å². The first-order valence-electron chi connectivity index (χ1n) is 7.68. The summed E-state index contributed by atoms with van der Waals surface area (Å²) in [6.07, 6.45) is 6.20. The Morgan fingerprint density at radius 3 is 2.84 bits per heavy atom. The van der Waals surface area contributed by atoms with Gasteiger partial charge >= 0.3 is 0 Å². The lowest BCUT2D eigenvalue weighted by atomic mass is 10.1. The SMILES string of the molecule is NN/N=C(\N)c1ccnc(-c2cn(CCc3ccccc3Cl)cn2)c1. The van der Waals surface area contributed by atoms with E-state index < -0.39 is 0 Å². The van der Waals surface area contributed by atoms with Crippen molar-refractivity contribution in [3.63, 3.8) is 0 Å². The minimum absolute atomic E-state index is 0.282. The smallest absolute Gasteiger partial charge is 0.152 e. The number of rotatable bonds is 6. The Labute approximate surface area is 150 Å². The van der Waals surface area contributed by atoms with Gasteiger partial charge in [0.15, 0.2) is 5.84 Å². The Bertz CT molecular complexity index is 888. The average molecular weight is 356 g/mol. The summed E-state index contributed by atoms with van der Waals surface area (Å²) >= 11 is 6.19. The first-order chi connectivity index (χ1) is 12.2. The molecule has 0 unspecified atom stereocenters. The van der Waals surface area contributed by atoms with Crippen LogP contribution < -0.4 is 17.1 Å². The van der Waals surface area contributed by atoms with Gasteiger partial charge in [0.2, 0.25) is 0 Å². The van der Waals surface area contributed by atoms with Gasteiger partial charge in [0.1, 0.15) is 5.69 Å². The normalized spacial score (nSPS) is 11.5. The largest absolute Gasteiger partial charge is 0.382 e. The maximum Gasteiger partial charge on any atom is 0.152 e. The quantitative estimate of drug-likeness (QED) is 0.271. The van der Waals surface area contributed by atoms with Gasteiger partial charge in [-0.05, 0) is 30.2 Å². The van der Waals surface area contributed by atoms with Crippen LogP contribution in [0.1, 0.15) is 11.1 Å². The topological polar surface area (TPSA) is 107 Å². The van der Waals surface area contributed by atoms with Crippen LogP contribution in [-0.4, -0.2) is 20.4 Å². The summed E-state index contributed by atoms with van der Waals surface area (Å²) in [5, 5.41) is 4.54. The molecule has 0 bridgehead atoms. The predicted molar refractivity (Wildman–Crippen MR) is 98.7 cm³/mol. The summed E-state index contributed by atoms with van der Waals surface area (Å²) in [7, 11) is 0. The van der Waals surface area contributed by atoms with Gasteiger partial charge in [-0.15, -0.1) is 5.10 Å². The molecule has 2 aromatic heterocycles. The average Bonchev–Trinajstić information content (AvgIpc) is 3.10. The van der Waals surface area contributed by atoms with Crippen LogP contribution in [0.5, 0.6) is 0 Å². The zero-order valence-electron chi connectivity index (χ0n) is 13.4. The Morgan fingerprint density at radius 2 is 2.04 bits per heavy atom. The fourth-order valence-electron chi connectivity index (χ4n) is 2.43. The van der Waals surface area contributed by atoms with Gasteiger partial charge in [-0.1, -0.05) is 29.8 Å². The van der Waals surface area contributed by atoms with E-state index >= 15 is 0 Å². The Hall–Kier alpha value is -2.90. The number of hydrogen-bond acceptors (Lipinski definition) is 5. The summed E-state index contributed by atoms with van der Waals surface area (Å²) in [4.78, 5) is 8.75. The summed E-state index contributed by atoms with van der Waals surface area (Å²) in [5.74, 6) is 5.43. The Balaban J connectivity index is 1.74. The lowest BCUT2D eigenvalue weighted by Crippen LogP contribution is -2.23. The van der Waals surface area contributed by atoms with E-state index in [9.17, 15) is 0 Å². The molecule has 0 amide bonds. The van der Waals surface area contributed by atoms with E-state index in [1.807, 2.05) is 41.1 Å². The van der Waals surface area contributed by atoms with Gasteiger partial charge < -0.3 is 10.3 Å². The lowest BCUT2D eigenvalue weighted by molar-refractivity contribution is 0.696. The molecule has 0 spiro atoms. The maximum atomic E-state index is 6.19. The summed E-state index contributed by atoms with van der Waals surface area (Å²) < 4.78 is 2.01. The van der Waals surface area contributed by atoms with Crippen molar-refractivity contribution >= 4 is 17.4 Å². The molecular weight excluding hydrogens is 338 g/mol. The van der Waals surface area contributed by atoms with Gasteiger partial charge in [0, 0.05) is 29.5 Å². The van der Waals surface area contributed by atoms with E-state index in [-0.39, 0.29) is 5.84 Å². The lowest BCUT2D eigenvalue weighted by Gasteiger charge is -2.04. The fraction of sp³-hybridized carbons (Fsp3) is 0.118. The first-order valence-corrected chi connectivity index (χ1v) is 8.06. The third kappa shape index (κ3) is 4.14. The van der Waals surface area contributed by atoms with Crippen molar-refractivity contribution in [1.82, 2.24) is 20.1 Å². The summed E-state index contributed by atoms with van der Waals surface area (Å²) in [6.45, 7) is 0.775. The molecule has 7 nitrogen and oxygen atoms in total. The number of hydrazone groups is 1. The van der Waals surface area contributed by atoms with Crippen molar-refractivity contribution in [2.45, 2.75) is 13.0 Å². The standard InChI is InChI=1S/C17H18ClN7/c18-14-4-2-1-3-12(14)6-8-25-10-16(22-11-25)15-9-13(5-7-21-15)17(19)23-24-20/h1-5,7,9-11,24H,6,8,20H2,(H2,19,23). The number of aryl methyl sites for hydroxylation is 2. The molecule has 0 saturated carbocycles. The van der Waals surface area contributed by atoms with Crippen molar-refractivity contribution in [2.24, 2.45) is 16.7 Å². The van der Waals surface area contributed by atoms with Crippen molar-refractivity contribution in [1.29, 1.82) is 0 Å². The summed E-state index contributed by atoms with van der Waals surface area (Å²) in [6, 6.07) is 11.4. The van der Waals surface area contributed by atoms with Crippen LogP contribution in [0, 0.1) is 0 Å². The van der Waals surface area contributed by atoms with Crippen molar-refractivity contribution in [3.8, 4) is 11.4 Å². The monoisotopic (exact) mass is 355 g/mol. The molecule has 3 rings (SSSR count). The van der Waals surface area contributed by atoms with Crippen LogP contribution >= 0.6 is 11.6 Å². The number of nitrogens with one attached hydrogen (secondary N) is 1. The second-order valence-electron chi connectivity index (χ2n) is 5.39. The first kappa shape index (κ1) is 16.9. The highest BCUT2D eigenvalue weighted by Crippen LogP contribution is 2.18. The molecule has 25 heavy (non-hydrogen) atoms. The van der Waals surface area contributed by atoms with E-state index in [1.165, 1.54) is 0 Å². The zero-order chi connectivity index (χ0) is 17.6. The third-order valence-electron chi connectivity index (χ3n) is 3.73. The number of hydrazine groups is 1. The van der Waals surface area contributed by atoms with Crippen LogP contribution in [-0.2, 0) is 13.0 Å². The highest BCUT2D eigenvalue weighted by molar-refractivity contribution is 6.31. The number of halogens is 1. The number of aromatic nitrogens is 3. The number of amidine groups is 1. The van der Waals surface area contributed by atoms with Crippen molar-refractivity contribution < 1.29 is 0 Å². The Morgan fingerprint density at radius 1 is 1.20 bits per heavy atom. The number of benzene rings is 1. The van der Waals surface area contributed by atoms with Crippen LogP contribution in [0.25, 0.3) is 11.4 Å². The van der Waals surface area contributed by atoms with Crippen LogP contribution in [0.3, 0.4) is 0 Å². The predicted octanol–water partition coefficient (Wildman–Crippen LogP) is 1.92. The Kier molecular flexibility index (Phi) is 5.27. The molecule has 8 heteroatoms. The zero-order valence-corrected chi connectivity index (χ0v) is 14.2. The van der Waals surface area contributed by atoms with E-state index in [0.717, 1.165) is 29.2 Å². The number of hydrogen-bond donors (Lipinski definition) is 3. The number of pyridine rings is 1. The molecule has 0 saturated heterocycles. The minimum Gasteiger partial charge on any atom is -0.382 e. The third-order valence-corrected chi connectivity index (χ3v) is 4.10. The van der Waals surface area contributed by atoms with E-state index in [4.69, 9.17) is 23.2 Å².